The Bertz CT molecular complexity index is 348. The molecule has 0 saturated carbocycles. The molecule has 1 rings (SSSR count). The van der Waals surface area contributed by atoms with Gasteiger partial charge in [-0.3, -0.25) is 0 Å². The van der Waals surface area contributed by atoms with Crippen LogP contribution in [0.15, 0.2) is 18.2 Å². The average Bonchev–Trinajstić information content (AvgIpc) is 2.40. The Morgan fingerprint density at radius 3 is 2.44 bits per heavy atom. The first-order valence-corrected chi connectivity index (χ1v) is 6.86. The van der Waals surface area contributed by atoms with E-state index in [1.807, 2.05) is 18.2 Å². The number of anilines is 1. The predicted molar refractivity (Wildman–Crippen MR) is 76.2 cm³/mol. The van der Waals surface area contributed by atoms with Crippen LogP contribution < -0.4 is 15.2 Å². The summed E-state index contributed by atoms with van der Waals surface area (Å²) < 4.78 is 11.4. The number of hydrogen-bond donors (Lipinski definition) is 1. The Morgan fingerprint density at radius 1 is 1.11 bits per heavy atom. The lowest BCUT2D eigenvalue weighted by Gasteiger charge is -2.15. The predicted octanol–water partition coefficient (Wildman–Crippen LogP) is 3.87. The van der Waals surface area contributed by atoms with E-state index in [-0.39, 0.29) is 0 Å². The highest BCUT2D eigenvalue weighted by atomic mass is 16.5. The molecule has 0 spiro atoms. The highest BCUT2D eigenvalue weighted by molar-refractivity contribution is 5.55. The third-order valence-corrected chi connectivity index (χ3v) is 3.09. The minimum Gasteiger partial charge on any atom is -0.493 e. The molecule has 0 fully saturated rings. The molecule has 0 unspecified atom stereocenters. The Labute approximate surface area is 110 Å². The fraction of sp³-hybridized carbons (Fsp3) is 0.600. The summed E-state index contributed by atoms with van der Waals surface area (Å²) in [6.07, 6.45) is 3.26. The van der Waals surface area contributed by atoms with E-state index in [1.165, 1.54) is 0 Å². The SMILES string of the molecule is CCCOc1cc(OCC(CC)CC)ccc1N. The minimum atomic E-state index is 0.613. The third-order valence-electron chi connectivity index (χ3n) is 3.09. The van der Waals surface area contributed by atoms with Crippen LogP contribution in [0.4, 0.5) is 5.69 Å². The largest absolute Gasteiger partial charge is 0.493 e. The van der Waals surface area contributed by atoms with Crippen LogP contribution in [0.5, 0.6) is 11.5 Å². The molecule has 3 nitrogen and oxygen atoms in total. The maximum Gasteiger partial charge on any atom is 0.145 e. The molecule has 0 aliphatic rings. The first kappa shape index (κ1) is 14.7. The van der Waals surface area contributed by atoms with Gasteiger partial charge in [0.15, 0.2) is 0 Å². The zero-order chi connectivity index (χ0) is 13.4. The van der Waals surface area contributed by atoms with Crippen molar-refractivity contribution in [2.45, 2.75) is 40.0 Å². The average molecular weight is 251 g/mol. The van der Waals surface area contributed by atoms with Gasteiger partial charge in [0.2, 0.25) is 0 Å². The lowest BCUT2D eigenvalue weighted by Crippen LogP contribution is -2.10. The Hall–Kier alpha value is -1.38. The fourth-order valence-electron chi connectivity index (χ4n) is 1.68. The Kier molecular flexibility index (Phi) is 6.40. The van der Waals surface area contributed by atoms with Gasteiger partial charge in [-0.2, -0.15) is 0 Å². The van der Waals surface area contributed by atoms with Crippen molar-refractivity contribution in [3.8, 4) is 11.5 Å². The molecule has 0 atom stereocenters. The second-order valence-corrected chi connectivity index (χ2v) is 4.54. The van der Waals surface area contributed by atoms with Crippen LogP contribution in [0.3, 0.4) is 0 Å². The summed E-state index contributed by atoms with van der Waals surface area (Å²) in [5.74, 6) is 2.17. The van der Waals surface area contributed by atoms with Crippen LogP contribution in [-0.4, -0.2) is 13.2 Å². The summed E-state index contributed by atoms with van der Waals surface area (Å²) >= 11 is 0. The quantitative estimate of drug-likeness (QED) is 0.713. The van der Waals surface area contributed by atoms with Crippen LogP contribution >= 0.6 is 0 Å². The molecule has 0 aliphatic carbocycles. The highest BCUT2D eigenvalue weighted by Crippen LogP contribution is 2.27. The third kappa shape index (κ3) is 4.47. The number of nitrogens with two attached hydrogens (primary N) is 1. The standard InChI is InChI=1S/C15H25NO2/c1-4-9-17-15-10-13(7-8-14(15)16)18-11-12(5-2)6-3/h7-8,10,12H,4-6,9,11,16H2,1-3H3. The van der Waals surface area contributed by atoms with E-state index >= 15 is 0 Å². The van der Waals surface area contributed by atoms with Gasteiger partial charge in [0.05, 0.1) is 18.9 Å². The van der Waals surface area contributed by atoms with Crippen molar-refractivity contribution in [1.82, 2.24) is 0 Å². The Morgan fingerprint density at radius 2 is 1.83 bits per heavy atom. The van der Waals surface area contributed by atoms with Crippen molar-refractivity contribution in [3.63, 3.8) is 0 Å². The first-order chi connectivity index (χ1) is 8.71. The lowest BCUT2D eigenvalue weighted by molar-refractivity contribution is 0.239. The number of nitrogen functional groups attached to an aromatic ring is 1. The van der Waals surface area contributed by atoms with Gasteiger partial charge >= 0.3 is 0 Å². The van der Waals surface area contributed by atoms with E-state index < -0.39 is 0 Å². The molecule has 0 bridgehead atoms. The summed E-state index contributed by atoms with van der Waals surface area (Å²) in [6, 6.07) is 5.62. The van der Waals surface area contributed by atoms with E-state index in [4.69, 9.17) is 15.2 Å². The fourth-order valence-corrected chi connectivity index (χ4v) is 1.68. The molecular formula is C15H25NO2. The van der Waals surface area contributed by atoms with Crippen molar-refractivity contribution in [2.75, 3.05) is 18.9 Å². The summed E-state index contributed by atoms with van der Waals surface area (Å²) in [5.41, 5.74) is 6.52. The number of rotatable bonds is 8. The van der Waals surface area contributed by atoms with Gasteiger partial charge in [-0.05, 0) is 24.5 Å². The van der Waals surface area contributed by atoms with Crippen molar-refractivity contribution in [1.29, 1.82) is 0 Å². The summed E-state index contributed by atoms with van der Waals surface area (Å²) in [4.78, 5) is 0. The second-order valence-electron chi connectivity index (χ2n) is 4.54. The number of ether oxygens (including phenoxy) is 2. The Balaban J connectivity index is 2.60. The molecule has 18 heavy (non-hydrogen) atoms. The molecule has 0 aromatic heterocycles. The molecule has 3 heteroatoms. The molecule has 0 aliphatic heterocycles. The smallest absolute Gasteiger partial charge is 0.145 e. The van der Waals surface area contributed by atoms with E-state index in [1.54, 1.807) is 0 Å². The molecule has 0 radical (unpaired) electrons. The van der Waals surface area contributed by atoms with Gasteiger partial charge in [0.1, 0.15) is 11.5 Å². The number of benzene rings is 1. The van der Waals surface area contributed by atoms with Crippen LogP contribution in [0.2, 0.25) is 0 Å². The van der Waals surface area contributed by atoms with Crippen molar-refractivity contribution in [2.24, 2.45) is 5.92 Å². The van der Waals surface area contributed by atoms with Gasteiger partial charge in [-0.1, -0.05) is 33.6 Å². The zero-order valence-electron chi connectivity index (χ0n) is 11.7. The summed E-state index contributed by atoms with van der Waals surface area (Å²) in [5, 5.41) is 0. The van der Waals surface area contributed by atoms with Gasteiger partial charge < -0.3 is 15.2 Å². The molecule has 2 N–H and O–H groups in total. The maximum absolute atomic E-state index is 5.86. The van der Waals surface area contributed by atoms with E-state index in [9.17, 15) is 0 Å². The molecule has 1 aromatic rings. The van der Waals surface area contributed by atoms with Gasteiger partial charge in [-0.25, -0.2) is 0 Å². The second kappa shape index (κ2) is 7.85. The van der Waals surface area contributed by atoms with E-state index in [0.29, 0.717) is 18.2 Å². The topological polar surface area (TPSA) is 44.5 Å². The van der Waals surface area contributed by atoms with Crippen LogP contribution in [-0.2, 0) is 0 Å². The van der Waals surface area contributed by atoms with Crippen molar-refractivity contribution in [3.05, 3.63) is 18.2 Å². The first-order valence-electron chi connectivity index (χ1n) is 6.86. The minimum absolute atomic E-state index is 0.613. The van der Waals surface area contributed by atoms with Crippen LogP contribution in [0, 0.1) is 5.92 Å². The molecule has 0 saturated heterocycles. The van der Waals surface area contributed by atoms with Gasteiger partial charge in [-0.15, -0.1) is 0 Å². The molecule has 0 heterocycles. The molecule has 1 aromatic carbocycles. The monoisotopic (exact) mass is 251 g/mol. The van der Waals surface area contributed by atoms with Gasteiger partial charge in [0.25, 0.3) is 0 Å². The molecule has 102 valence electrons. The zero-order valence-corrected chi connectivity index (χ0v) is 11.7. The van der Waals surface area contributed by atoms with Crippen molar-refractivity contribution >= 4 is 5.69 Å². The van der Waals surface area contributed by atoms with E-state index in [2.05, 4.69) is 20.8 Å². The van der Waals surface area contributed by atoms with E-state index in [0.717, 1.165) is 37.4 Å². The normalized spacial score (nSPS) is 10.7. The van der Waals surface area contributed by atoms with Gasteiger partial charge in [0, 0.05) is 6.07 Å². The van der Waals surface area contributed by atoms with Crippen molar-refractivity contribution < 1.29 is 9.47 Å². The summed E-state index contributed by atoms with van der Waals surface area (Å²) in [6.45, 7) is 7.89. The van der Waals surface area contributed by atoms with Crippen LogP contribution in [0.1, 0.15) is 40.0 Å². The summed E-state index contributed by atoms with van der Waals surface area (Å²) in [7, 11) is 0. The molecule has 0 amide bonds. The maximum atomic E-state index is 5.86. The molecular weight excluding hydrogens is 226 g/mol. The lowest BCUT2D eigenvalue weighted by atomic mass is 10.1. The van der Waals surface area contributed by atoms with Crippen LogP contribution in [0.25, 0.3) is 0 Å². The highest BCUT2D eigenvalue weighted by Gasteiger charge is 2.07. The number of hydrogen-bond acceptors (Lipinski definition) is 3.